The summed E-state index contributed by atoms with van der Waals surface area (Å²) in [6, 6.07) is 12.7. The van der Waals surface area contributed by atoms with E-state index in [9.17, 15) is 5.11 Å². The van der Waals surface area contributed by atoms with E-state index in [1.807, 2.05) is 30.3 Å². The summed E-state index contributed by atoms with van der Waals surface area (Å²) < 4.78 is 16.1. The first-order valence-electron chi connectivity index (χ1n) is 7.38. The van der Waals surface area contributed by atoms with Gasteiger partial charge in [0.25, 0.3) is 0 Å². The molecule has 2 rings (SSSR count). The largest absolute Gasteiger partial charge is 0.493 e. The highest BCUT2D eigenvalue weighted by atomic mass is 35.5. The number of hydrogen-bond donors (Lipinski definition) is 2. The van der Waals surface area contributed by atoms with Gasteiger partial charge in [0.1, 0.15) is 0 Å². The van der Waals surface area contributed by atoms with Crippen LogP contribution in [0.15, 0.2) is 42.5 Å². The number of benzene rings is 2. The smallest absolute Gasteiger partial charge is 0.203 e. The fourth-order valence-electron chi connectivity index (χ4n) is 2.58. The minimum Gasteiger partial charge on any atom is -0.493 e. The first-order chi connectivity index (χ1) is 11.1. The normalized spacial score (nSPS) is 12.7. The van der Waals surface area contributed by atoms with Gasteiger partial charge < -0.3 is 25.1 Å². The predicted octanol–water partition coefficient (Wildman–Crippen LogP) is 2.74. The summed E-state index contributed by atoms with van der Waals surface area (Å²) in [5, 5.41) is 10.5. The first kappa shape index (κ1) is 20.1. The zero-order valence-corrected chi connectivity index (χ0v) is 14.9. The second kappa shape index (κ2) is 9.37. The molecule has 0 bridgehead atoms. The molecule has 0 spiro atoms. The van der Waals surface area contributed by atoms with Gasteiger partial charge in [0.05, 0.1) is 33.5 Å². The summed E-state index contributed by atoms with van der Waals surface area (Å²) in [4.78, 5) is 0. The van der Waals surface area contributed by atoms with Gasteiger partial charge in [-0.25, -0.2) is 0 Å². The Kier molecular flexibility index (Phi) is 7.85. The van der Waals surface area contributed by atoms with Crippen molar-refractivity contribution in [2.75, 3.05) is 21.3 Å². The van der Waals surface area contributed by atoms with Crippen LogP contribution in [0.5, 0.6) is 17.2 Å². The van der Waals surface area contributed by atoms with Crippen molar-refractivity contribution in [3.05, 3.63) is 53.6 Å². The Labute approximate surface area is 148 Å². The van der Waals surface area contributed by atoms with Crippen LogP contribution in [0.1, 0.15) is 17.2 Å². The summed E-state index contributed by atoms with van der Waals surface area (Å²) in [5.41, 5.74) is 7.95. The van der Waals surface area contributed by atoms with Crippen LogP contribution in [-0.2, 0) is 6.42 Å². The molecule has 6 heteroatoms. The maximum absolute atomic E-state index is 10.5. The molecule has 2 aromatic rings. The van der Waals surface area contributed by atoms with Crippen LogP contribution < -0.4 is 19.9 Å². The molecule has 0 fully saturated rings. The van der Waals surface area contributed by atoms with Gasteiger partial charge in [-0.1, -0.05) is 30.3 Å². The average molecular weight is 354 g/mol. The predicted molar refractivity (Wildman–Crippen MR) is 96.4 cm³/mol. The van der Waals surface area contributed by atoms with Crippen LogP contribution in [0, 0.1) is 0 Å². The highest BCUT2D eigenvalue weighted by Gasteiger charge is 2.25. The van der Waals surface area contributed by atoms with E-state index in [1.165, 1.54) is 14.2 Å². The van der Waals surface area contributed by atoms with Crippen LogP contribution in [-0.4, -0.2) is 32.5 Å². The first-order valence-corrected chi connectivity index (χ1v) is 7.38. The van der Waals surface area contributed by atoms with E-state index in [0.29, 0.717) is 29.2 Å². The van der Waals surface area contributed by atoms with Crippen LogP contribution in [0.4, 0.5) is 0 Å². The molecule has 0 saturated carbocycles. The molecule has 0 aliphatic rings. The lowest BCUT2D eigenvalue weighted by Crippen LogP contribution is -2.28. The van der Waals surface area contributed by atoms with Gasteiger partial charge in [0.2, 0.25) is 5.75 Å². The number of aliphatic hydroxyl groups is 1. The van der Waals surface area contributed by atoms with E-state index in [1.54, 1.807) is 19.2 Å². The van der Waals surface area contributed by atoms with Gasteiger partial charge in [-0.15, -0.1) is 12.4 Å². The summed E-state index contributed by atoms with van der Waals surface area (Å²) in [6.45, 7) is 0. The summed E-state index contributed by atoms with van der Waals surface area (Å²) in [7, 11) is 4.63. The number of halogens is 1. The zero-order chi connectivity index (χ0) is 16.8. The van der Waals surface area contributed by atoms with Gasteiger partial charge in [-0.05, 0) is 17.7 Å². The molecular formula is C18H24ClNO4. The van der Waals surface area contributed by atoms with E-state index in [2.05, 4.69) is 0 Å². The van der Waals surface area contributed by atoms with E-state index in [0.717, 1.165) is 5.56 Å². The lowest BCUT2D eigenvalue weighted by atomic mass is 9.95. The third kappa shape index (κ3) is 4.32. The lowest BCUT2D eigenvalue weighted by molar-refractivity contribution is 0.143. The van der Waals surface area contributed by atoms with Crippen molar-refractivity contribution in [1.82, 2.24) is 0 Å². The molecular weight excluding hydrogens is 330 g/mol. The highest BCUT2D eigenvalue weighted by Crippen LogP contribution is 2.42. The molecule has 2 aromatic carbocycles. The standard InChI is InChI=1S/C18H23NO4.ClH/c1-21-15-10-9-13(17(22-2)18(15)23-3)16(19)14(20)11-12-7-5-4-6-8-12;/h4-10,14,16,20H,11,19H2,1-3H3;1H/t14-,16+;/m1./s1. The minimum absolute atomic E-state index is 0. The monoisotopic (exact) mass is 353 g/mol. The fourth-order valence-corrected chi connectivity index (χ4v) is 2.58. The van der Waals surface area contributed by atoms with Crippen molar-refractivity contribution in [2.45, 2.75) is 18.6 Å². The number of rotatable bonds is 7. The topological polar surface area (TPSA) is 73.9 Å². The SMILES string of the molecule is COc1ccc([C@H](N)[C@H](O)Cc2ccccc2)c(OC)c1OC.Cl. The van der Waals surface area contributed by atoms with Gasteiger partial charge in [0, 0.05) is 12.0 Å². The lowest BCUT2D eigenvalue weighted by Gasteiger charge is -2.23. The van der Waals surface area contributed by atoms with Crippen LogP contribution in [0.3, 0.4) is 0 Å². The summed E-state index contributed by atoms with van der Waals surface area (Å²) in [6.07, 6.45) is -0.288. The summed E-state index contributed by atoms with van der Waals surface area (Å²) >= 11 is 0. The number of hydrogen-bond acceptors (Lipinski definition) is 5. The molecule has 0 saturated heterocycles. The van der Waals surface area contributed by atoms with Gasteiger partial charge >= 0.3 is 0 Å². The number of nitrogens with two attached hydrogens (primary N) is 1. The van der Waals surface area contributed by atoms with Crippen LogP contribution >= 0.6 is 12.4 Å². The Hall–Kier alpha value is -1.95. The molecule has 0 aliphatic carbocycles. The van der Waals surface area contributed by atoms with E-state index >= 15 is 0 Å². The molecule has 0 heterocycles. The Morgan fingerprint density at radius 3 is 2.08 bits per heavy atom. The third-order valence-corrected chi connectivity index (χ3v) is 3.80. The van der Waals surface area contributed by atoms with Gasteiger partial charge in [0.15, 0.2) is 11.5 Å². The molecule has 0 unspecified atom stereocenters. The molecule has 2 atom stereocenters. The molecule has 24 heavy (non-hydrogen) atoms. The van der Waals surface area contributed by atoms with Crippen molar-refractivity contribution >= 4 is 12.4 Å². The van der Waals surface area contributed by atoms with Crippen molar-refractivity contribution in [3.8, 4) is 17.2 Å². The molecule has 0 amide bonds. The van der Waals surface area contributed by atoms with E-state index in [4.69, 9.17) is 19.9 Å². The Balaban J connectivity index is 0.00000288. The van der Waals surface area contributed by atoms with E-state index < -0.39 is 12.1 Å². The molecule has 0 aliphatic heterocycles. The minimum atomic E-state index is -0.746. The Bertz CT molecular complexity index is 636. The zero-order valence-electron chi connectivity index (χ0n) is 14.1. The van der Waals surface area contributed by atoms with Gasteiger partial charge in [-0.3, -0.25) is 0 Å². The highest BCUT2D eigenvalue weighted by molar-refractivity contribution is 5.85. The molecule has 5 nitrogen and oxygen atoms in total. The van der Waals surface area contributed by atoms with Crippen molar-refractivity contribution < 1.29 is 19.3 Å². The molecule has 3 N–H and O–H groups in total. The fraction of sp³-hybridized carbons (Fsp3) is 0.333. The van der Waals surface area contributed by atoms with Gasteiger partial charge in [-0.2, -0.15) is 0 Å². The maximum atomic E-state index is 10.5. The Morgan fingerprint density at radius 2 is 1.54 bits per heavy atom. The quantitative estimate of drug-likeness (QED) is 0.800. The number of methoxy groups -OCH3 is 3. The average Bonchev–Trinajstić information content (AvgIpc) is 2.60. The van der Waals surface area contributed by atoms with Crippen molar-refractivity contribution in [2.24, 2.45) is 5.73 Å². The second-order valence-electron chi connectivity index (χ2n) is 5.21. The number of aliphatic hydroxyl groups excluding tert-OH is 1. The number of ether oxygens (including phenoxy) is 3. The van der Waals surface area contributed by atoms with Crippen molar-refractivity contribution in [1.29, 1.82) is 0 Å². The second-order valence-corrected chi connectivity index (χ2v) is 5.21. The van der Waals surface area contributed by atoms with Crippen LogP contribution in [0.2, 0.25) is 0 Å². The third-order valence-electron chi connectivity index (χ3n) is 3.80. The maximum Gasteiger partial charge on any atom is 0.203 e. The molecule has 0 aromatic heterocycles. The summed E-state index contributed by atoms with van der Waals surface area (Å²) in [5.74, 6) is 1.50. The molecule has 132 valence electrons. The van der Waals surface area contributed by atoms with E-state index in [-0.39, 0.29) is 12.4 Å². The molecule has 0 radical (unpaired) electrons. The Morgan fingerprint density at radius 1 is 0.917 bits per heavy atom. The van der Waals surface area contributed by atoms with Crippen molar-refractivity contribution in [3.63, 3.8) is 0 Å². The van der Waals surface area contributed by atoms with Crippen LogP contribution in [0.25, 0.3) is 0 Å².